The minimum Gasteiger partial charge on any atom is -0.370 e. The van der Waals surface area contributed by atoms with Crippen LogP contribution in [-0.4, -0.2) is 54.9 Å². The molecule has 2 aliphatic heterocycles. The summed E-state index contributed by atoms with van der Waals surface area (Å²) in [5, 5.41) is 11.8. The molecule has 1 aromatic carbocycles. The highest BCUT2D eigenvalue weighted by Gasteiger charge is 2.43. The number of nitrogens with one attached hydrogen (secondary N) is 1. The highest BCUT2D eigenvalue weighted by Crippen LogP contribution is 2.40. The minimum atomic E-state index is -4.64. The Labute approximate surface area is 207 Å². The van der Waals surface area contributed by atoms with Gasteiger partial charge in [0.25, 0.3) is 0 Å². The third-order valence-corrected chi connectivity index (χ3v) is 7.32. The molecule has 2 aromatic rings. The normalized spacial score (nSPS) is 20.8. The van der Waals surface area contributed by atoms with E-state index in [1.807, 2.05) is 11.0 Å². The Balaban J connectivity index is 1.46. The van der Waals surface area contributed by atoms with Crippen LogP contribution in [0.1, 0.15) is 29.5 Å². The number of nitrogens with zero attached hydrogens (tertiary/aromatic N) is 4. The molecule has 190 valence electrons. The van der Waals surface area contributed by atoms with Crippen LogP contribution in [0.15, 0.2) is 42.7 Å². The summed E-state index contributed by atoms with van der Waals surface area (Å²) in [5.74, 6) is -0.356. The van der Waals surface area contributed by atoms with Gasteiger partial charge in [-0.3, -0.25) is 14.6 Å². The van der Waals surface area contributed by atoms with Gasteiger partial charge in [0, 0.05) is 51.3 Å². The summed E-state index contributed by atoms with van der Waals surface area (Å²) in [4.78, 5) is 33.1. The molecule has 2 atom stereocenters. The number of amides is 2. The number of carbonyl (C=O) groups is 2. The lowest BCUT2D eigenvalue weighted by atomic mass is 9.78. The fourth-order valence-corrected chi connectivity index (χ4v) is 5.41. The van der Waals surface area contributed by atoms with Crippen molar-refractivity contribution in [3.63, 3.8) is 0 Å². The number of likely N-dealkylation sites (tertiary alicyclic amines) is 1. The SMILES string of the molecule is CNC(=O)[C@@H]1CN(c2ccc(C#N)c(C(F)(F)F)c2)C[C@H]1C1CCN(C(=O)Cc2cccnc2)CC1. The predicted octanol–water partition coefficient (Wildman–Crippen LogP) is 3.25. The summed E-state index contributed by atoms with van der Waals surface area (Å²) >= 11 is 0. The average molecular weight is 500 g/mol. The van der Waals surface area contributed by atoms with E-state index in [9.17, 15) is 22.8 Å². The average Bonchev–Trinajstić information content (AvgIpc) is 3.33. The first-order chi connectivity index (χ1) is 17.2. The molecule has 36 heavy (non-hydrogen) atoms. The zero-order valence-electron chi connectivity index (χ0n) is 20.0. The lowest BCUT2D eigenvalue weighted by molar-refractivity contribution is -0.137. The number of rotatable bonds is 5. The van der Waals surface area contributed by atoms with Crippen molar-refractivity contribution in [3.8, 4) is 6.07 Å². The van der Waals surface area contributed by atoms with Gasteiger partial charge in [-0.2, -0.15) is 18.4 Å². The number of alkyl halides is 3. The maximum Gasteiger partial charge on any atom is 0.417 e. The van der Waals surface area contributed by atoms with Gasteiger partial charge in [0.2, 0.25) is 11.8 Å². The number of hydrogen-bond donors (Lipinski definition) is 1. The molecule has 0 radical (unpaired) electrons. The molecular formula is C26H28F3N5O2. The summed E-state index contributed by atoms with van der Waals surface area (Å²) in [7, 11) is 1.56. The van der Waals surface area contributed by atoms with Gasteiger partial charge in [-0.15, -0.1) is 0 Å². The van der Waals surface area contributed by atoms with Crippen LogP contribution < -0.4 is 10.2 Å². The van der Waals surface area contributed by atoms with Crippen molar-refractivity contribution in [2.24, 2.45) is 17.8 Å². The van der Waals surface area contributed by atoms with E-state index in [4.69, 9.17) is 5.26 Å². The first-order valence-electron chi connectivity index (χ1n) is 12.0. The van der Waals surface area contributed by atoms with E-state index in [1.54, 1.807) is 36.5 Å². The maximum atomic E-state index is 13.5. The fraction of sp³-hybridized carbons (Fsp3) is 0.462. The van der Waals surface area contributed by atoms with E-state index in [0.717, 1.165) is 24.5 Å². The molecule has 0 unspecified atom stereocenters. The van der Waals surface area contributed by atoms with Gasteiger partial charge in [-0.25, -0.2) is 0 Å². The zero-order chi connectivity index (χ0) is 25.9. The third kappa shape index (κ3) is 5.45. The second-order valence-electron chi connectivity index (χ2n) is 9.39. The second-order valence-corrected chi connectivity index (χ2v) is 9.39. The largest absolute Gasteiger partial charge is 0.417 e. The first-order valence-corrected chi connectivity index (χ1v) is 12.0. The van der Waals surface area contributed by atoms with Crippen molar-refractivity contribution in [2.45, 2.75) is 25.4 Å². The summed E-state index contributed by atoms with van der Waals surface area (Å²) in [5.41, 5.74) is -0.186. The minimum absolute atomic E-state index is 0.0367. The van der Waals surface area contributed by atoms with Gasteiger partial charge < -0.3 is 15.1 Å². The highest BCUT2D eigenvalue weighted by atomic mass is 19.4. The fourth-order valence-electron chi connectivity index (χ4n) is 5.41. The van der Waals surface area contributed by atoms with Gasteiger partial charge in [0.1, 0.15) is 0 Å². The number of benzene rings is 1. The number of anilines is 1. The maximum absolute atomic E-state index is 13.5. The molecule has 0 aliphatic carbocycles. The molecule has 1 N–H and O–H groups in total. The van der Waals surface area contributed by atoms with Crippen molar-refractivity contribution >= 4 is 17.5 Å². The van der Waals surface area contributed by atoms with Crippen molar-refractivity contribution in [2.75, 3.05) is 38.1 Å². The summed E-state index contributed by atoms with van der Waals surface area (Å²) in [6.07, 6.45) is 0.443. The molecular weight excluding hydrogens is 471 g/mol. The van der Waals surface area contributed by atoms with Crippen molar-refractivity contribution in [1.29, 1.82) is 5.26 Å². The zero-order valence-corrected chi connectivity index (χ0v) is 20.0. The summed E-state index contributed by atoms with van der Waals surface area (Å²) in [6, 6.07) is 8.97. The third-order valence-electron chi connectivity index (χ3n) is 7.32. The first kappa shape index (κ1) is 25.5. The van der Waals surface area contributed by atoms with Gasteiger partial charge in [-0.1, -0.05) is 6.07 Å². The van der Waals surface area contributed by atoms with Crippen molar-refractivity contribution in [3.05, 3.63) is 59.4 Å². The Morgan fingerprint density at radius 1 is 1.19 bits per heavy atom. The van der Waals surface area contributed by atoms with Crippen LogP contribution in [-0.2, 0) is 22.2 Å². The van der Waals surface area contributed by atoms with Crippen LogP contribution in [0.25, 0.3) is 0 Å². The van der Waals surface area contributed by atoms with Gasteiger partial charge >= 0.3 is 6.18 Å². The van der Waals surface area contributed by atoms with Gasteiger partial charge in [0.05, 0.1) is 29.5 Å². The molecule has 7 nitrogen and oxygen atoms in total. The molecule has 4 rings (SSSR count). The van der Waals surface area contributed by atoms with E-state index in [2.05, 4.69) is 10.3 Å². The second kappa shape index (κ2) is 10.6. The van der Waals surface area contributed by atoms with Crippen LogP contribution in [0.5, 0.6) is 0 Å². The molecule has 3 heterocycles. The van der Waals surface area contributed by atoms with E-state index in [1.165, 1.54) is 12.1 Å². The number of hydrogen-bond acceptors (Lipinski definition) is 5. The molecule has 1 aromatic heterocycles. The van der Waals surface area contributed by atoms with Crippen LogP contribution in [0.2, 0.25) is 0 Å². The van der Waals surface area contributed by atoms with Crippen molar-refractivity contribution < 1.29 is 22.8 Å². The number of halogens is 3. The Kier molecular flexibility index (Phi) is 7.48. The lowest BCUT2D eigenvalue weighted by Gasteiger charge is -2.36. The molecule has 0 saturated carbocycles. The molecule has 2 aliphatic rings. The molecule has 2 amide bonds. The standard InChI is InChI=1S/C26H28F3N5O2/c1-31-25(36)22-16-34(20-5-4-19(13-30)23(12-20)26(27,28)29)15-21(22)18-6-9-33(10-7-18)24(35)11-17-3-2-8-32-14-17/h2-5,8,12,14,18,21-22H,6-7,9-11,15-16H2,1H3,(H,31,36)/t21-,22+/m0/s1. The van der Waals surface area contributed by atoms with Crippen molar-refractivity contribution in [1.82, 2.24) is 15.2 Å². The summed E-state index contributed by atoms with van der Waals surface area (Å²) < 4.78 is 40.5. The number of carbonyl (C=O) groups excluding carboxylic acids is 2. The number of aromatic nitrogens is 1. The van der Waals surface area contributed by atoms with Crippen LogP contribution in [0.4, 0.5) is 18.9 Å². The number of pyridine rings is 1. The molecule has 0 bridgehead atoms. The Morgan fingerprint density at radius 2 is 1.94 bits per heavy atom. The van der Waals surface area contributed by atoms with E-state index in [-0.39, 0.29) is 36.0 Å². The van der Waals surface area contributed by atoms with E-state index >= 15 is 0 Å². The summed E-state index contributed by atoms with van der Waals surface area (Å²) in [6.45, 7) is 1.90. The van der Waals surface area contributed by atoms with Crippen LogP contribution >= 0.6 is 0 Å². The van der Waals surface area contributed by atoms with Gasteiger partial charge in [-0.05, 0) is 54.5 Å². The smallest absolute Gasteiger partial charge is 0.370 e. The highest BCUT2D eigenvalue weighted by molar-refractivity contribution is 5.80. The molecule has 10 heteroatoms. The van der Waals surface area contributed by atoms with E-state index in [0.29, 0.717) is 31.9 Å². The molecule has 2 saturated heterocycles. The topological polar surface area (TPSA) is 89.3 Å². The van der Waals surface area contributed by atoms with E-state index < -0.39 is 17.3 Å². The number of nitriles is 1. The molecule has 2 fully saturated rings. The monoisotopic (exact) mass is 499 g/mol. The Hall–Kier alpha value is -3.61. The van der Waals surface area contributed by atoms with Crippen LogP contribution in [0.3, 0.4) is 0 Å². The number of piperidine rings is 1. The van der Waals surface area contributed by atoms with Gasteiger partial charge in [0.15, 0.2) is 0 Å². The molecule has 0 spiro atoms. The Morgan fingerprint density at radius 3 is 2.56 bits per heavy atom. The quantitative estimate of drug-likeness (QED) is 0.682. The lowest BCUT2D eigenvalue weighted by Crippen LogP contribution is -2.43. The predicted molar refractivity (Wildman–Crippen MR) is 127 cm³/mol. The van der Waals surface area contributed by atoms with Crippen LogP contribution in [0, 0.1) is 29.1 Å². The Bertz CT molecular complexity index is 1140.